The van der Waals surface area contributed by atoms with Gasteiger partial charge in [0, 0.05) is 18.6 Å². The zero-order valence-corrected chi connectivity index (χ0v) is 19.2. The molecule has 168 valence electrons. The molecular weight excluding hydrogens is 404 g/mol. The molecule has 0 aliphatic carbocycles. The Kier molecular flexibility index (Phi) is 5.77. The molecule has 32 heavy (non-hydrogen) atoms. The molecule has 2 N–H and O–H groups in total. The first-order valence-corrected chi connectivity index (χ1v) is 11.1. The van der Waals surface area contributed by atoms with E-state index in [-0.39, 0.29) is 11.8 Å². The molecule has 2 aromatic heterocycles. The highest BCUT2D eigenvalue weighted by Crippen LogP contribution is 2.29. The second-order valence-corrected chi connectivity index (χ2v) is 8.88. The molecule has 1 aromatic carbocycles. The number of rotatable bonds is 6. The fraction of sp³-hybridized carbons (Fsp3) is 0.400. The molecule has 0 radical (unpaired) electrons. The summed E-state index contributed by atoms with van der Waals surface area (Å²) in [6.07, 6.45) is 5.34. The van der Waals surface area contributed by atoms with Crippen molar-refractivity contribution in [2.45, 2.75) is 59.0 Å². The number of aryl methyl sites for hydroxylation is 1. The van der Waals surface area contributed by atoms with Gasteiger partial charge in [0.1, 0.15) is 6.17 Å². The Morgan fingerprint density at radius 3 is 2.44 bits per heavy atom. The van der Waals surface area contributed by atoms with Gasteiger partial charge < -0.3 is 14.6 Å². The van der Waals surface area contributed by atoms with Crippen LogP contribution < -0.4 is 10.6 Å². The maximum Gasteiger partial charge on any atom is 0.342 e. The number of benzene rings is 1. The predicted octanol–water partition coefficient (Wildman–Crippen LogP) is 4.11. The van der Waals surface area contributed by atoms with Crippen molar-refractivity contribution in [2.75, 3.05) is 0 Å². The number of hydrogen-bond donors (Lipinski definition) is 2. The number of hydrogen-bond acceptors (Lipinski definition) is 5. The number of nitrogens with zero attached hydrogens (tertiary/aromatic N) is 2. The summed E-state index contributed by atoms with van der Waals surface area (Å²) in [6.45, 7) is 9.68. The molecule has 4 rings (SSSR count). The van der Waals surface area contributed by atoms with Gasteiger partial charge in [-0.05, 0) is 48.6 Å². The van der Waals surface area contributed by atoms with Gasteiger partial charge >= 0.3 is 5.97 Å². The summed E-state index contributed by atoms with van der Waals surface area (Å²) in [4.78, 5) is 30.4. The highest BCUT2D eigenvalue weighted by atomic mass is 16.6. The third kappa shape index (κ3) is 3.88. The minimum atomic E-state index is -0.741. The molecule has 1 aliphatic heterocycles. The summed E-state index contributed by atoms with van der Waals surface area (Å²) in [5.74, 6) is -0.506. The van der Waals surface area contributed by atoms with E-state index in [1.807, 2.05) is 81.9 Å². The van der Waals surface area contributed by atoms with Crippen molar-refractivity contribution in [2.24, 2.45) is 5.92 Å². The lowest BCUT2D eigenvalue weighted by molar-refractivity contribution is -0.125. The van der Waals surface area contributed by atoms with Gasteiger partial charge in [-0.3, -0.25) is 15.1 Å². The van der Waals surface area contributed by atoms with E-state index in [1.54, 1.807) is 6.20 Å². The Labute approximate surface area is 188 Å². The Hall–Kier alpha value is -3.19. The molecule has 1 amide bonds. The van der Waals surface area contributed by atoms with E-state index >= 15 is 0 Å². The van der Waals surface area contributed by atoms with E-state index in [0.29, 0.717) is 11.3 Å². The quantitative estimate of drug-likeness (QED) is 0.571. The van der Waals surface area contributed by atoms with E-state index in [1.165, 1.54) is 0 Å². The van der Waals surface area contributed by atoms with Crippen molar-refractivity contribution in [1.29, 1.82) is 0 Å². The highest BCUT2D eigenvalue weighted by Gasteiger charge is 2.46. The normalized spacial score (nSPS) is 21.7. The first-order valence-electron chi connectivity index (χ1n) is 11.1. The molecule has 0 saturated carbocycles. The molecule has 1 aliphatic rings. The number of esters is 1. The van der Waals surface area contributed by atoms with E-state index in [4.69, 9.17) is 4.74 Å². The lowest BCUT2D eigenvalue weighted by Gasteiger charge is -2.26. The summed E-state index contributed by atoms with van der Waals surface area (Å²) in [5, 5.41) is 8.44. The standard InChI is InChI=1S/C25H30N4O3/c1-6-17-11-20(21(26-12-17)22-27-24(31)25(5,28-22)15(2)3)23(30)32-16(4)29-13-18-9-7-8-10-19(18)14-29/h7-16,22,28H,6H2,1-5H3,(H,27,31). The topological polar surface area (TPSA) is 85.2 Å². The van der Waals surface area contributed by atoms with Gasteiger partial charge in [0.2, 0.25) is 5.91 Å². The fourth-order valence-corrected chi connectivity index (χ4v) is 3.95. The summed E-state index contributed by atoms with van der Waals surface area (Å²) < 4.78 is 7.70. The molecule has 1 saturated heterocycles. The fourth-order valence-electron chi connectivity index (χ4n) is 3.95. The molecule has 3 aromatic rings. The van der Waals surface area contributed by atoms with Crippen LogP contribution >= 0.6 is 0 Å². The first kappa shape index (κ1) is 22.0. The van der Waals surface area contributed by atoms with Gasteiger partial charge in [-0.15, -0.1) is 0 Å². The Morgan fingerprint density at radius 1 is 1.22 bits per heavy atom. The van der Waals surface area contributed by atoms with E-state index in [2.05, 4.69) is 15.6 Å². The third-order valence-electron chi connectivity index (χ3n) is 6.49. The van der Waals surface area contributed by atoms with Gasteiger partial charge in [-0.25, -0.2) is 4.79 Å². The number of pyridine rings is 1. The van der Waals surface area contributed by atoms with Crippen molar-refractivity contribution in [1.82, 2.24) is 20.2 Å². The van der Waals surface area contributed by atoms with E-state index in [9.17, 15) is 9.59 Å². The number of fused-ring (bicyclic) bond motifs is 1. The van der Waals surface area contributed by atoms with Crippen molar-refractivity contribution >= 4 is 22.6 Å². The summed E-state index contributed by atoms with van der Waals surface area (Å²) >= 11 is 0. The molecule has 3 unspecified atom stereocenters. The largest absolute Gasteiger partial charge is 0.438 e. The Bertz CT molecular complexity index is 1140. The van der Waals surface area contributed by atoms with Crippen LogP contribution in [0.25, 0.3) is 10.8 Å². The van der Waals surface area contributed by atoms with Gasteiger partial charge in [0.05, 0.1) is 16.8 Å². The monoisotopic (exact) mass is 434 g/mol. The zero-order valence-electron chi connectivity index (χ0n) is 19.2. The number of amides is 1. The lowest BCUT2D eigenvalue weighted by Crippen LogP contribution is -2.48. The van der Waals surface area contributed by atoms with Crippen LogP contribution in [0.1, 0.15) is 68.6 Å². The second-order valence-electron chi connectivity index (χ2n) is 8.88. The van der Waals surface area contributed by atoms with E-state index < -0.39 is 23.9 Å². The molecule has 7 heteroatoms. The SMILES string of the molecule is CCc1cnc(C2NC(=O)C(C)(C(C)C)N2)c(C(=O)OC(C)n2cc3ccccc3c2)c1. The number of nitrogens with one attached hydrogen (secondary N) is 2. The van der Waals surface area contributed by atoms with Crippen LogP contribution in [0.4, 0.5) is 0 Å². The van der Waals surface area contributed by atoms with E-state index in [0.717, 1.165) is 22.8 Å². The first-order chi connectivity index (χ1) is 15.2. The Balaban J connectivity index is 1.62. The molecule has 3 atom stereocenters. The third-order valence-corrected chi connectivity index (χ3v) is 6.49. The maximum absolute atomic E-state index is 13.3. The predicted molar refractivity (Wildman–Crippen MR) is 123 cm³/mol. The summed E-state index contributed by atoms with van der Waals surface area (Å²) in [7, 11) is 0. The summed E-state index contributed by atoms with van der Waals surface area (Å²) in [5.41, 5.74) is 1.01. The van der Waals surface area contributed by atoms with Crippen LogP contribution in [0.5, 0.6) is 0 Å². The number of carbonyl (C=O) groups excluding carboxylic acids is 2. The van der Waals surface area contributed by atoms with Crippen LogP contribution in [0, 0.1) is 5.92 Å². The lowest BCUT2D eigenvalue weighted by atomic mass is 9.89. The van der Waals surface area contributed by atoms with Gasteiger partial charge in [-0.2, -0.15) is 0 Å². The van der Waals surface area contributed by atoms with Crippen molar-refractivity contribution < 1.29 is 14.3 Å². The van der Waals surface area contributed by atoms with Crippen molar-refractivity contribution in [3.63, 3.8) is 0 Å². The average molecular weight is 435 g/mol. The minimum Gasteiger partial charge on any atom is -0.438 e. The van der Waals surface area contributed by atoms with Gasteiger partial charge in [0.25, 0.3) is 0 Å². The average Bonchev–Trinajstić information content (AvgIpc) is 3.35. The number of ether oxygens (including phenoxy) is 1. The van der Waals surface area contributed by atoms with Gasteiger partial charge in [0.15, 0.2) is 6.23 Å². The molecule has 7 nitrogen and oxygen atoms in total. The van der Waals surface area contributed by atoms with Crippen molar-refractivity contribution in [3.8, 4) is 0 Å². The Morgan fingerprint density at radius 2 is 1.88 bits per heavy atom. The zero-order chi connectivity index (χ0) is 23.0. The second kappa shape index (κ2) is 8.39. The summed E-state index contributed by atoms with van der Waals surface area (Å²) in [6, 6.07) is 9.81. The molecule has 3 heterocycles. The van der Waals surface area contributed by atoms with Crippen LogP contribution in [0.15, 0.2) is 48.9 Å². The van der Waals surface area contributed by atoms with Crippen LogP contribution in [0.3, 0.4) is 0 Å². The maximum atomic E-state index is 13.3. The minimum absolute atomic E-state index is 0.0701. The van der Waals surface area contributed by atoms with Crippen LogP contribution in [-0.2, 0) is 16.0 Å². The number of carbonyl (C=O) groups is 2. The van der Waals surface area contributed by atoms with Crippen LogP contribution in [-0.4, -0.2) is 27.0 Å². The highest BCUT2D eigenvalue weighted by molar-refractivity contribution is 5.93. The number of aromatic nitrogens is 2. The molecule has 0 spiro atoms. The molecule has 1 fully saturated rings. The molecule has 0 bridgehead atoms. The molecular formula is C25H30N4O3. The van der Waals surface area contributed by atoms with Gasteiger partial charge in [-0.1, -0.05) is 45.0 Å². The smallest absolute Gasteiger partial charge is 0.342 e. The van der Waals surface area contributed by atoms with Crippen molar-refractivity contribution in [3.05, 3.63) is 65.7 Å². The van der Waals surface area contributed by atoms with Crippen LogP contribution in [0.2, 0.25) is 0 Å².